The van der Waals surface area contributed by atoms with Crippen LogP contribution < -0.4 is 0 Å². The van der Waals surface area contributed by atoms with Gasteiger partial charge in [-0.15, -0.1) is 0 Å². The zero-order valence-corrected chi connectivity index (χ0v) is 8.43. The normalized spacial score (nSPS) is 11.8. The highest BCUT2D eigenvalue weighted by atomic mass is 79.9. The van der Waals surface area contributed by atoms with Crippen molar-refractivity contribution in [3.8, 4) is 0 Å². The summed E-state index contributed by atoms with van der Waals surface area (Å²) < 4.78 is 48.2. The van der Waals surface area contributed by atoms with E-state index in [0.717, 1.165) is 6.07 Å². The van der Waals surface area contributed by atoms with E-state index in [4.69, 9.17) is 0 Å². The predicted molar refractivity (Wildman–Crippen MR) is 46.0 cm³/mol. The van der Waals surface area contributed by atoms with E-state index in [1.807, 2.05) is 0 Å². The number of hydrogen-bond acceptors (Lipinski definition) is 1. The van der Waals surface area contributed by atoms with Gasteiger partial charge in [0.05, 0.1) is 4.47 Å². The first-order chi connectivity index (χ1) is 5.90. The van der Waals surface area contributed by atoms with Crippen molar-refractivity contribution in [1.29, 1.82) is 0 Å². The molecular weight excluding hydrogens is 272 g/mol. The van der Waals surface area contributed by atoms with Crippen LogP contribution in [0, 0.1) is 5.82 Å². The van der Waals surface area contributed by atoms with Crippen molar-refractivity contribution in [1.82, 2.24) is 0 Å². The predicted octanol–water partition coefficient (Wildman–Crippen LogP) is 4.20. The van der Waals surface area contributed by atoms with Crippen LogP contribution in [0.3, 0.4) is 0 Å². The van der Waals surface area contributed by atoms with Crippen molar-refractivity contribution in [2.75, 3.05) is 0 Å². The van der Waals surface area contributed by atoms with Crippen molar-refractivity contribution in [2.45, 2.75) is 10.4 Å². The molecular formula is C7H3BrF4S. The molecule has 1 aromatic carbocycles. The Labute approximate surface area is 84.4 Å². The van der Waals surface area contributed by atoms with Crippen LogP contribution >= 0.6 is 27.7 Å². The van der Waals surface area contributed by atoms with Crippen LogP contribution in [0.5, 0.6) is 0 Å². The summed E-state index contributed by atoms with van der Waals surface area (Å²) in [5.41, 5.74) is -4.39. The van der Waals surface area contributed by atoms with Gasteiger partial charge in [0, 0.05) is 4.90 Å². The molecule has 1 aromatic rings. The minimum Gasteiger partial charge on any atom is -0.206 e. The molecule has 0 heterocycles. The number of halogens is 5. The zero-order chi connectivity index (χ0) is 10.1. The van der Waals surface area contributed by atoms with Gasteiger partial charge in [-0.1, -0.05) is 6.07 Å². The molecule has 0 aliphatic heterocycles. The SMILES string of the molecule is Fc1cccc(SC(F)(F)F)c1Br. The molecule has 0 nitrogen and oxygen atoms in total. The second-order valence-electron chi connectivity index (χ2n) is 2.10. The minimum absolute atomic E-state index is 0.155. The number of hydrogen-bond donors (Lipinski definition) is 0. The Morgan fingerprint density at radius 1 is 1.23 bits per heavy atom. The standard InChI is InChI=1S/C7H3BrF4S/c8-6-4(9)2-1-3-5(6)13-7(10,11)12/h1-3H. The van der Waals surface area contributed by atoms with E-state index in [9.17, 15) is 17.6 Å². The van der Waals surface area contributed by atoms with Crippen LogP contribution in [0.4, 0.5) is 17.6 Å². The summed E-state index contributed by atoms with van der Waals surface area (Å²) in [6.45, 7) is 0. The van der Waals surface area contributed by atoms with Gasteiger partial charge < -0.3 is 0 Å². The van der Waals surface area contributed by atoms with Gasteiger partial charge in [-0.05, 0) is 39.8 Å². The Hall–Kier alpha value is -0.230. The molecule has 0 aromatic heterocycles. The Balaban J connectivity index is 2.96. The van der Waals surface area contributed by atoms with E-state index in [2.05, 4.69) is 15.9 Å². The molecule has 0 fully saturated rings. The first-order valence-corrected chi connectivity index (χ1v) is 4.71. The molecule has 0 saturated heterocycles. The fourth-order valence-corrected chi connectivity index (χ4v) is 1.78. The Kier molecular flexibility index (Phi) is 3.23. The Morgan fingerprint density at radius 2 is 1.85 bits per heavy atom. The van der Waals surface area contributed by atoms with E-state index in [1.54, 1.807) is 0 Å². The van der Waals surface area contributed by atoms with Crippen molar-refractivity contribution in [2.24, 2.45) is 0 Å². The molecule has 0 aliphatic rings. The quantitative estimate of drug-likeness (QED) is 0.546. The van der Waals surface area contributed by atoms with E-state index in [1.165, 1.54) is 12.1 Å². The van der Waals surface area contributed by atoms with Crippen molar-refractivity contribution < 1.29 is 17.6 Å². The molecule has 0 unspecified atom stereocenters. The molecule has 0 aliphatic carbocycles. The second-order valence-corrected chi connectivity index (χ2v) is 4.00. The second kappa shape index (κ2) is 3.88. The number of benzene rings is 1. The van der Waals surface area contributed by atoms with Gasteiger partial charge in [-0.2, -0.15) is 13.2 Å². The van der Waals surface area contributed by atoms with Crippen LogP contribution in [0.15, 0.2) is 27.6 Å². The van der Waals surface area contributed by atoms with Crippen LogP contribution in [0.1, 0.15) is 0 Å². The van der Waals surface area contributed by atoms with Gasteiger partial charge in [-0.25, -0.2) is 4.39 Å². The third-order valence-electron chi connectivity index (χ3n) is 1.14. The summed E-state index contributed by atoms with van der Waals surface area (Å²) >= 11 is 2.39. The minimum atomic E-state index is -4.39. The lowest BCUT2D eigenvalue weighted by Crippen LogP contribution is -1.99. The monoisotopic (exact) mass is 274 g/mol. The van der Waals surface area contributed by atoms with Crippen LogP contribution in [-0.2, 0) is 0 Å². The highest BCUT2D eigenvalue weighted by Gasteiger charge is 2.30. The van der Waals surface area contributed by atoms with Gasteiger partial charge in [-0.3, -0.25) is 0 Å². The summed E-state index contributed by atoms with van der Waals surface area (Å²) in [5.74, 6) is -0.700. The van der Waals surface area contributed by atoms with Gasteiger partial charge in [0.1, 0.15) is 5.82 Å². The van der Waals surface area contributed by atoms with Gasteiger partial charge in [0.2, 0.25) is 0 Å². The maximum absolute atomic E-state index is 12.7. The molecule has 0 bridgehead atoms. The zero-order valence-electron chi connectivity index (χ0n) is 6.03. The maximum atomic E-state index is 12.7. The molecule has 0 amide bonds. The molecule has 1 rings (SSSR count). The van der Waals surface area contributed by atoms with E-state index in [0.29, 0.717) is 0 Å². The molecule has 13 heavy (non-hydrogen) atoms. The fourth-order valence-electron chi connectivity index (χ4n) is 0.688. The molecule has 72 valence electrons. The summed E-state index contributed by atoms with van der Waals surface area (Å²) in [6, 6.07) is 3.52. The molecule has 0 radical (unpaired) electrons. The van der Waals surface area contributed by atoms with E-state index >= 15 is 0 Å². The lowest BCUT2D eigenvalue weighted by molar-refractivity contribution is -0.0328. The fraction of sp³-hybridized carbons (Fsp3) is 0.143. The van der Waals surface area contributed by atoms with Gasteiger partial charge in [0.15, 0.2) is 0 Å². The largest absolute Gasteiger partial charge is 0.446 e. The Morgan fingerprint density at radius 3 is 2.38 bits per heavy atom. The summed E-state index contributed by atoms with van der Waals surface area (Å²) in [4.78, 5) is -0.174. The average molecular weight is 275 g/mol. The van der Waals surface area contributed by atoms with E-state index < -0.39 is 11.3 Å². The molecule has 0 atom stereocenters. The third kappa shape index (κ3) is 3.19. The third-order valence-corrected chi connectivity index (χ3v) is 3.00. The Bertz CT molecular complexity index is 310. The van der Waals surface area contributed by atoms with Gasteiger partial charge >= 0.3 is 5.51 Å². The van der Waals surface area contributed by atoms with Crippen LogP contribution in [0.2, 0.25) is 0 Å². The molecule has 6 heteroatoms. The number of thioether (sulfide) groups is 1. The number of rotatable bonds is 1. The molecule has 0 spiro atoms. The van der Waals surface area contributed by atoms with Crippen molar-refractivity contribution in [3.05, 3.63) is 28.5 Å². The van der Waals surface area contributed by atoms with Gasteiger partial charge in [0.25, 0.3) is 0 Å². The average Bonchev–Trinajstić information content (AvgIpc) is 1.96. The first-order valence-electron chi connectivity index (χ1n) is 3.10. The van der Waals surface area contributed by atoms with E-state index in [-0.39, 0.29) is 21.1 Å². The highest BCUT2D eigenvalue weighted by molar-refractivity contribution is 9.10. The first kappa shape index (κ1) is 10.8. The summed E-state index contributed by atoms with van der Waals surface area (Å²) in [7, 11) is 0. The topological polar surface area (TPSA) is 0 Å². The summed E-state index contributed by atoms with van der Waals surface area (Å²) in [5, 5.41) is 0. The van der Waals surface area contributed by atoms with Crippen LogP contribution in [-0.4, -0.2) is 5.51 Å². The summed E-state index contributed by atoms with van der Waals surface area (Å²) in [6.07, 6.45) is 0. The molecule has 0 N–H and O–H groups in total. The number of alkyl halides is 3. The van der Waals surface area contributed by atoms with Crippen molar-refractivity contribution in [3.63, 3.8) is 0 Å². The lowest BCUT2D eigenvalue weighted by atomic mass is 10.3. The van der Waals surface area contributed by atoms with Crippen LogP contribution in [0.25, 0.3) is 0 Å². The lowest BCUT2D eigenvalue weighted by Gasteiger charge is -2.07. The maximum Gasteiger partial charge on any atom is 0.446 e. The molecule has 0 saturated carbocycles. The highest BCUT2D eigenvalue weighted by Crippen LogP contribution is 2.40. The smallest absolute Gasteiger partial charge is 0.206 e. The van der Waals surface area contributed by atoms with Crippen molar-refractivity contribution >= 4 is 27.7 Å².